The van der Waals surface area contributed by atoms with Crippen LogP contribution in [-0.2, 0) is 0 Å². The minimum Gasteiger partial charge on any atom is -0.479 e. The molecular formula is C12H9BrN2O3. The molecule has 18 heavy (non-hydrogen) atoms. The predicted octanol–water partition coefficient (Wildman–Crippen LogP) is 2.61. The van der Waals surface area contributed by atoms with E-state index in [1.165, 1.54) is 13.2 Å². The van der Waals surface area contributed by atoms with E-state index in [9.17, 15) is 4.79 Å². The summed E-state index contributed by atoms with van der Waals surface area (Å²) in [5, 5.41) is 16.7. The van der Waals surface area contributed by atoms with Crippen molar-refractivity contribution in [3.8, 4) is 17.1 Å². The van der Waals surface area contributed by atoms with Crippen molar-refractivity contribution in [3.63, 3.8) is 0 Å². The van der Waals surface area contributed by atoms with E-state index in [1.807, 2.05) is 24.3 Å². The van der Waals surface area contributed by atoms with Gasteiger partial charge in [0, 0.05) is 10.0 Å². The van der Waals surface area contributed by atoms with Gasteiger partial charge in [0.25, 0.3) is 0 Å². The molecule has 1 heterocycles. The number of nitrogens with zero attached hydrogens (tertiary/aromatic N) is 2. The third-order valence-corrected chi connectivity index (χ3v) is 2.85. The largest absolute Gasteiger partial charge is 0.479 e. The van der Waals surface area contributed by atoms with E-state index in [2.05, 4.69) is 26.1 Å². The molecule has 5 nitrogen and oxygen atoms in total. The first-order chi connectivity index (χ1) is 8.61. The first-order valence-corrected chi connectivity index (χ1v) is 5.82. The highest BCUT2D eigenvalue weighted by molar-refractivity contribution is 9.10. The molecule has 1 aromatic heterocycles. The second kappa shape index (κ2) is 5.14. The van der Waals surface area contributed by atoms with Gasteiger partial charge in [-0.3, -0.25) is 0 Å². The Labute approximate surface area is 112 Å². The molecule has 1 N–H and O–H groups in total. The number of aromatic nitrogens is 2. The highest BCUT2D eigenvalue weighted by Crippen LogP contribution is 2.23. The van der Waals surface area contributed by atoms with Crippen molar-refractivity contribution >= 4 is 21.9 Å². The van der Waals surface area contributed by atoms with E-state index < -0.39 is 5.97 Å². The van der Waals surface area contributed by atoms with Crippen LogP contribution in [0.25, 0.3) is 11.3 Å². The van der Waals surface area contributed by atoms with Crippen LogP contribution in [0.5, 0.6) is 5.88 Å². The molecule has 0 saturated heterocycles. The van der Waals surface area contributed by atoms with Gasteiger partial charge in [-0.1, -0.05) is 28.1 Å². The molecule has 0 fully saturated rings. The van der Waals surface area contributed by atoms with Gasteiger partial charge in [0.15, 0.2) is 0 Å². The summed E-state index contributed by atoms with van der Waals surface area (Å²) in [5.74, 6) is -1.09. The van der Waals surface area contributed by atoms with Gasteiger partial charge in [-0.05, 0) is 18.2 Å². The lowest BCUT2D eigenvalue weighted by Gasteiger charge is -2.05. The topological polar surface area (TPSA) is 72.3 Å². The molecule has 2 aromatic rings. The van der Waals surface area contributed by atoms with Crippen molar-refractivity contribution in [2.24, 2.45) is 0 Å². The molecule has 0 unspecified atom stereocenters. The molecule has 0 spiro atoms. The standard InChI is InChI=1S/C12H9BrN2O3/c1-18-11-9(12(16)17)6-10(14-15-11)7-2-4-8(13)5-3-7/h2-6H,1H3,(H,16,17). The highest BCUT2D eigenvalue weighted by Gasteiger charge is 2.15. The molecule has 0 bridgehead atoms. The number of hydrogen-bond acceptors (Lipinski definition) is 4. The molecule has 1 aromatic carbocycles. The number of hydrogen-bond donors (Lipinski definition) is 1. The van der Waals surface area contributed by atoms with E-state index in [-0.39, 0.29) is 11.4 Å². The average Bonchev–Trinajstić information content (AvgIpc) is 2.39. The number of rotatable bonds is 3. The second-order valence-corrected chi connectivity index (χ2v) is 4.38. The Morgan fingerprint density at radius 2 is 1.94 bits per heavy atom. The fourth-order valence-corrected chi connectivity index (χ4v) is 1.71. The summed E-state index contributed by atoms with van der Waals surface area (Å²) in [6.07, 6.45) is 0. The zero-order valence-corrected chi connectivity index (χ0v) is 11.0. The van der Waals surface area contributed by atoms with Crippen LogP contribution in [0.2, 0.25) is 0 Å². The summed E-state index contributed by atoms with van der Waals surface area (Å²) in [6.45, 7) is 0. The number of benzene rings is 1. The lowest BCUT2D eigenvalue weighted by Crippen LogP contribution is -2.04. The normalized spacial score (nSPS) is 10.1. The van der Waals surface area contributed by atoms with E-state index in [4.69, 9.17) is 9.84 Å². The molecule has 0 atom stereocenters. The van der Waals surface area contributed by atoms with Gasteiger partial charge in [-0.15, -0.1) is 10.2 Å². The van der Waals surface area contributed by atoms with Gasteiger partial charge in [0.1, 0.15) is 5.56 Å². The fourth-order valence-electron chi connectivity index (χ4n) is 1.45. The maximum Gasteiger partial charge on any atom is 0.341 e. The molecule has 2 rings (SSSR count). The Kier molecular flexibility index (Phi) is 3.57. The zero-order valence-electron chi connectivity index (χ0n) is 9.42. The van der Waals surface area contributed by atoms with Crippen LogP contribution < -0.4 is 4.74 Å². The van der Waals surface area contributed by atoms with Crippen LogP contribution in [0.4, 0.5) is 0 Å². The predicted molar refractivity (Wildman–Crippen MR) is 68.7 cm³/mol. The Bertz CT molecular complexity index is 584. The average molecular weight is 309 g/mol. The molecule has 0 aliphatic carbocycles. The summed E-state index contributed by atoms with van der Waals surface area (Å²) in [4.78, 5) is 11.1. The van der Waals surface area contributed by atoms with Crippen molar-refractivity contribution in [3.05, 3.63) is 40.4 Å². The molecule has 0 saturated carbocycles. The number of ether oxygens (including phenoxy) is 1. The van der Waals surface area contributed by atoms with E-state index in [1.54, 1.807) is 0 Å². The van der Waals surface area contributed by atoms with Crippen molar-refractivity contribution in [1.29, 1.82) is 0 Å². The summed E-state index contributed by atoms with van der Waals surface area (Å²) >= 11 is 3.33. The van der Waals surface area contributed by atoms with Crippen LogP contribution in [0, 0.1) is 0 Å². The summed E-state index contributed by atoms with van der Waals surface area (Å²) in [6, 6.07) is 8.79. The van der Waals surface area contributed by atoms with Gasteiger partial charge in [0.05, 0.1) is 12.8 Å². The first kappa shape index (κ1) is 12.5. The monoisotopic (exact) mass is 308 g/mol. The Balaban J connectivity index is 2.49. The quantitative estimate of drug-likeness (QED) is 0.943. The van der Waals surface area contributed by atoms with Crippen molar-refractivity contribution in [2.75, 3.05) is 7.11 Å². The van der Waals surface area contributed by atoms with E-state index in [0.29, 0.717) is 5.69 Å². The maximum atomic E-state index is 11.1. The van der Waals surface area contributed by atoms with Crippen molar-refractivity contribution < 1.29 is 14.6 Å². The maximum absolute atomic E-state index is 11.1. The number of carboxylic acids is 1. The SMILES string of the molecule is COc1nnc(-c2ccc(Br)cc2)cc1C(=O)O. The number of carbonyl (C=O) groups is 1. The molecular weight excluding hydrogens is 300 g/mol. The van der Waals surface area contributed by atoms with Gasteiger partial charge >= 0.3 is 5.97 Å². The smallest absolute Gasteiger partial charge is 0.341 e. The van der Waals surface area contributed by atoms with Crippen LogP contribution in [-0.4, -0.2) is 28.4 Å². The molecule has 0 amide bonds. The number of methoxy groups -OCH3 is 1. The van der Waals surface area contributed by atoms with E-state index >= 15 is 0 Å². The van der Waals surface area contributed by atoms with Crippen LogP contribution >= 0.6 is 15.9 Å². The lowest BCUT2D eigenvalue weighted by atomic mass is 10.1. The lowest BCUT2D eigenvalue weighted by molar-refractivity contribution is 0.0692. The third-order valence-electron chi connectivity index (χ3n) is 2.32. The summed E-state index contributed by atoms with van der Waals surface area (Å²) < 4.78 is 5.79. The number of halogens is 1. The molecule has 6 heteroatoms. The Hall–Kier alpha value is -1.95. The third kappa shape index (κ3) is 2.48. The Morgan fingerprint density at radius 3 is 2.50 bits per heavy atom. The van der Waals surface area contributed by atoms with Crippen LogP contribution in [0.3, 0.4) is 0 Å². The van der Waals surface area contributed by atoms with Gasteiger partial charge in [-0.2, -0.15) is 0 Å². The number of carboxylic acid groups (broad SMARTS) is 1. The summed E-state index contributed by atoms with van der Waals surface area (Å²) in [5.41, 5.74) is 1.27. The van der Waals surface area contributed by atoms with Gasteiger partial charge in [0.2, 0.25) is 5.88 Å². The van der Waals surface area contributed by atoms with Crippen molar-refractivity contribution in [2.45, 2.75) is 0 Å². The van der Waals surface area contributed by atoms with Gasteiger partial charge < -0.3 is 9.84 Å². The molecule has 0 radical (unpaired) electrons. The first-order valence-electron chi connectivity index (χ1n) is 5.03. The van der Waals surface area contributed by atoms with Crippen LogP contribution in [0.1, 0.15) is 10.4 Å². The summed E-state index contributed by atoms with van der Waals surface area (Å²) in [7, 11) is 1.36. The fraction of sp³-hybridized carbons (Fsp3) is 0.0833. The molecule has 0 aliphatic rings. The zero-order chi connectivity index (χ0) is 13.1. The minimum atomic E-state index is -1.10. The van der Waals surface area contributed by atoms with Crippen LogP contribution in [0.15, 0.2) is 34.8 Å². The Morgan fingerprint density at radius 1 is 1.28 bits per heavy atom. The molecule has 92 valence electrons. The number of aromatic carboxylic acids is 1. The van der Waals surface area contributed by atoms with Crippen molar-refractivity contribution in [1.82, 2.24) is 10.2 Å². The highest BCUT2D eigenvalue weighted by atomic mass is 79.9. The van der Waals surface area contributed by atoms with E-state index in [0.717, 1.165) is 10.0 Å². The van der Waals surface area contributed by atoms with Gasteiger partial charge in [-0.25, -0.2) is 4.79 Å². The second-order valence-electron chi connectivity index (χ2n) is 3.46. The molecule has 0 aliphatic heterocycles. The minimum absolute atomic E-state index is 0.00311.